The van der Waals surface area contributed by atoms with Gasteiger partial charge in [0.05, 0.1) is 12.6 Å². The van der Waals surface area contributed by atoms with Crippen molar-refractivity contribution in [1.82, 2.24) is 5.32 Å². The number of nitrogens with zero attached hydrogens (tertiary/aromatic N) is 1. The Balaban J connectivity index is 2.07. The van der Waals surface area contributed by atoms with E-state index >= 15 is 0 Å². The first-order chi connectivity index (χ1) is 10.1. The quantitative estimate of drug-likeness (QED) is 0.855. The van der Waals surface area contributed by atoms with Gasteiger partial charge in [-0.2, -0.15) is 0 Å². The van der Waals surface area contributed by atoms with E-state index in [1.165, 1.54) is 11.3 Å². The van der Waals surface area contributed by atoms with Crippen molar-refractivity contribution in [1.29, 1.82) is 0 Å². The maximum Gasteiger partial charge on any atom is 0.0626 e. The number of aliphatic hydroxyl groups excluding tert-OH is 1. The highest BCUT2D eigenvalue weighted by Gasteiger charge is 2.14. The maximum atomic E-state index is 9.62. The van der Waals surface area contributed by atoms with Crippen LogP contribution in [0.15, 0.2) is 54.6 Å². The minimum Gasteiger partial charge on any atom is -0.394 e. The molecule has 0 heterocycles. The normalized spacial score (nSPS) is 13.7. The van der Waals surface area contributed by atoms with E-state index in [0.717, 1.165) is 5.56 Å². The van der Waals surface area contributed by atoms with Gasteiger partial charge >= 0.3 is 0 Å². The second-order valence-corrected chi connectivity index (χ2v) is 5.52. The van der Waals surface area contributed by atoms with E-state index in [4.69, 9.17) is 0 Å². The minimum atomic E-state index is -0.0466. The predicted octanol–water partition coefficient (Wildman–Crippen LogP) is 3.14. The van der Waals surface area contributed by atoms with Gasteiger partial charge in [-0.25, -0.2) is 0 Å². The Kier molecular flexibility index (Phi) is 5.37. The van der Waals surface area contributed by atoms with Gasteiger partial charge in [0.15, 0.2) is 0 Å². The van der Waals surface area contributed by atoms with Crippen molar-refractivity contribution in [2.45, 2.75) is 19.0 Å². The highest BCUT2D eigenvalue weighted by atomic mass is 16.3. The summed E-state index contributed by atoms with van der Waals surface area (Å²) >= 11 is 0. The summed E-state index contributed by atoms with van der Waals surface area (Å²) in [6.45, 7) is 2.21. The van der Waals surface area contributed by atoms with Gasteiger partial charge in [0.2, 0.25) is 0 Å². The first-order valence-corrected chi connectivity index (χ1v) is 7.31. The van der Waals surface area contributed by atoms with Crippen LogP contribution >= 0.6 is 0 Å². The zero-order valence-electron chi connectivity index (χ0n) is 13.0. The third kappa shape index (κ3) is 4.06. The van der Waals surface area contributed by atoms with Crippen LogP contribution in [0.25, 0.3) is 0 Å². The van der Waals surface area contributed by atoms with E-state index < -0.39 is 0 Å². The van der Waals surface area contributed by atoms with Crippen molar-refractivity contribution in [3.63, 3.8) is 0 Å². The number of nitrogens with one attached hydrogen (secondary N) is 1. The third-order valence-electron chi connectivity index (χ3n) is 3.75. The third-order valence-corrected chi connectivity index (χ3v) is 3.75. The van der Waals surface area contributed by atoms with Crippen LogP contribution in [0.5, 0.6) is 0 Å². The molecule has 0 aliphatic rings. The van der Waals surface area contributed by atoms with Crippen LogP contribution in [-0.4, -0.2) is 25.8 Å². The van der Waals surface area contributed by atoms with Gasteiger partial charge in [0.1, 0.15) is 0 Å². The van der Waals surface area contributed by atoms with E-state index in [2.05, 4.69) is 41.4 Å². The van der Waals surface area contributed by atoms with Gasteiger partial charge in [-0.15, -0.1) is 0 Å². The minimum absolute atomic E-state index is 0.0466. The topological polar surface area (TPSA) is 35.5 Å². The summed E-state index contributed by atoms with van der Waals surface area (Å²) in [5.74, 6) is 0. The van der Waals surface area contributed by atoms with Crippen molar-refractivity contribution in [3.05, 3.63) is 65.7 Å². The van der Waals surface area contributed by atoms with E-state index in [-0.39, 0.29) is 18.7 Å². The standard InChI is InChI=1S/C18H24N2O/c1-14(15-9-11-17(12-10-15)20(2)3)19-18(13-21)16-7-5-4-6-8-16/h4-12,14,18-19,21H,13H2,1-3H3/t14?,18-/m0/s1. The fraction of sp³-hybridized carbons (Fsp3) is 0.333. The second-order valence-electron chi connectivity index (χ2n) is 5.52. The van der Waals surface area contributed by atoms with Crippen molar-refractivity contribution in [2.24, 2.45) is 0 Å². The summed E-state index contributed by atoms with van der Waals surface area (Å²) in [7, 11) is 4.07. The lowest BCUT2D eigenvalue weighted by Gasteiger charge is -2.23. The summed E-state index contributed by atoms with van der Waals surface area (Å²) in [6.07, 6.45) is 0. The molecule has 0 aliphatic heterocycles. The van der Waals surface area contributed by atoms with Crippen LogP contribution in [0, 0.1) is 0 Å². The predicted molar refractivity (Wildman–Crippen MR) is 88.6 cm³/mol. The van der Waals surface area contributed by atoms with Gasteiger partial charge in [-0.1, -0.05) is 42.5 Å². The smallest absolute Gasteiger partial charge is 0.0626 e. The second kappa shape index (κ2) is 7.25. The van der Waals surface area contributed by atoms with E-state index in [9.17, 15) is 5.11 Å². The Labute approximate surface area is 127 Å². The monoisotopic (exact) mass is 284 g/mol. The average Bonchev–Trinajstić information content (AvgIpc) is 2.53. The Morgan fingerprint density at radius 2 is 1.57 bits per heavy atom. The molecule has 2 aromatic rings. The molecular weight excluding hydrogens is 260 g/mol. The van der Waals surface area contributed by atoms with Gasteiger partial charge in [0.25, 0.3) is 0 Å². The highest BCUT2D eigenvalue weighted by molar-refractivity contribution is 5.46. The molecule has 2 N–H and O–H groups in total. The van der Waals surface area contributed by atoms with Crippen molar-refractivity contribution in [2.75, 3.05) is 25.6 Å². The summed E-state index contributed by atoms with van der Waals surface area (Å²) < 4.78 is 0. The number of hydrogen-bond donors (Lipinski definition) is 2. The molecule has 112 valence electrons. The molecule has 1 unspecified atom stereocenters. The van der Waals surface area contributed by atoms with Gasteiger partial charge in [0, 0.05) is 25.8 Å². The fourth-order valence-electron chi connectivity index (χ4n) is 2.40. The number of anilines is 1. The van der Waals surface area contributed by atoms with Gasteiger partial charge in [-0.05, 0) is 30.2 Å². The molecule has 3 heteroatoms. The van der Waals surface area contributed by atoms with E-state index in [1.807, 2.05) is 44.4 Å². The lowest BCUT2D eigenvalue weighted by molar-refractivity contribution is 0.235. The molecular formula is C18H24N2O. The first-order valence-electron chi connectivity index (χ1n) is 7.31. The molecule has 0 amide bonds. The lowest BCUT2D eigenvalue weighted by atomic mass is 10.0. The molecule has 0 aliphatic carbocycles. The molecule has 3 nitrogen and oxygen atoms in total. The zero-order chi connectivity index (χ0) is 15.2. The van der Waals surface area contributed by atoms with E-state index in [0.29, 0.717) is 0 Å². The molecule has 2 atom stereocenters. The summed E-state index contributed by atoms with van der Waals surface area (Å²) in [5.41, 5.74) is 3.51. The fourth-order valence-corrected chi connectivity index (χ4v) is 2.40. The first kappa shape index (κ1) is 15.5. The molecule has 2 aromatic carbocycles. The maximum absolute atomic E-state index is 9.62. The molecule has 2 rings (SSSR count). The zero-order valence-corrected chi connectivity index (χ0v) is 13.0. The largest absolute Gasteiger partial charge is 0.394 e. The van der Waals surface area contributed by atoms with Crippen molar-refractivity contribution in [3.8, 4) is 0 Å². The molecule has 0 radical (unpaired) electrons. The van der Waals surface area contributed by atoms with Crippen LogP contribution in [0.1, 0.15) is 30.1 Å². The van der Waals surface area contributed by atoms with Crippen LogP contribution in [-0.2, 0) is 0 Å². The SMILES string of the molecule is CC(N[C@@H](CO)c1ccccc1)c1ccc(N(C)C)cc1. The Hall–Kier alpha value is -1.84. The Morgan fingerprint density at radius 3 is 2.10 bits per heavy atom. The number of rotatable bonds is 6. The highest BCUT2D eigenvalue weighted by Crippen LogP contribution is 2.21. The summed E-state index contributed by atoms with van der Waals surface area (Å²) in [6, 6.07) is 18.7. The van der Waals surface area contributed by atoms with Crippen LogP contribution in [0.4, 0.5) is 5.69 Å². The summed E-state index contributed by atoms with van der Waals surface area (Å²) in [4.78, 5) is 2.09. The van der Waals surface area contributed by atoms with Crippen LogP contribution < -0.4 is 10.2 Å². The van der Waals surface area contributed by atoms with Crippen LogP contribution in [0.3, 0.4) is 0 Å². The molecule has 0 saturated carbocycles. The molecule has 0 spiro atoms. The molecule has 21 heavy (non-hydrogen) atoms. The average molecular weight is 284 g/mol. The molecule has 0 aromatic heterocycles. The number of hydrogen-bond acceptors (Lipinski definition) is 3. The molecule has 0 saturated heterocycles. The lowest BCUT2D eigenvalue weighted by Crippen LogP contribution is -2.27. The Bertz CT molecular complexity index is 537. The van der Waals surface area contributed by atoms with E-state index in [1.54, 1.807) is 0 Å². The molecule has 0 fully saturated rings. The summed E-state index contributed by atoms with van der Waals surface area (Å²) in [5, 5.41) is 13.1. The molecule has 0 bridgehead atoms. The van der Waals surface area contributed by atoms with Crippen LogP contribution in [0.2, 0.25) is 0 Å². The van der Waals surface area contributed by atoms with Gasteiger partial charge in [-0.3, -0.25) is 0 Å². The number of aliphatic hydroxyl groups is 1. The Morgan fingerprint density at radius 1 is 0.952 bits per heavy atom. The van der Waals surface area contributed by atoms with Crippen molar-refractivity contribution >= 4 is 5.69 Å². The van der Waals surface area contributed by atoms with Crippen molar-refractivity contribution < 1.29 is 5.11 Å². The van der Waals surface area contributed by atoms with Gasteiger partial charge < -0.3 is 15.3 Å². The number of benzene rings is 2.